The third-order valence-electron chi connectivity index (χ3n) is 6.73. The second kappa shape index (κ2) is 9.40. The molecule has 0 radical (unpaired) electrons. The fourth-order valence-corrected chi connectivity index (χ4v) is 4.86. The Hall–Kier alpha value is -3.88. The second-order valence-corrected chi connectivity index (χ2v) is 9.10. The van der Waals surface area contributed by atoms with Crippen molar-refractivity contribution < 1.29 is 23.5 Å². The number of hydrogen-bond acceptors (Lipinski definition) is 4. The summed E-state index contributed by atoms with van der Waals surface area (Å²) in [5.74, 6) is -0.629. The number of piperidine rings is 1. The molecule has 3 amide bonds. The fraction of sp³-hybridized carbons (Fsp3) is 0.346. The number of halogens is 1. The van der Waals surface area contributed by atoms with E-state index in [-0.39, 0.29) is 36.6 Å². The number of H-pyrrole nitrogens is 1. The first-order valence-corrected chi connectivity index (χ1v) is 11.8. The van der Waals surface area contributed by atoms with Gasteiger partial charge in [-0.2, -0.15) is 0 Å². The molecule has 2 aliphatic heterocycles. The maximum atomic E-state index is 15.1. The van der Waals surface area contributed by atoms with Gasteiger partial charge in [0.15, 0.2) is 0 Å². The van der Waals surface area contributed by atoms with E-state index < -0.39 is 12.2 Å². The summed E-state index contributed by atoms with van der Waals surface area (Å²) in [7, 11) is 0. The van der Waals surface area contributed by atoms with E-state index in [0.29, 0.717) is 42.9 Å². The number of rotatable bonds is 5. The average molecular weight is 479 g/mol. The van der Waals surface area contributed by atoms with Gasteiger partial charge in [-0.25, -0.2) is 9.18 Å². The molecule has 2 aliphatic rings. The summed E-state index contributed by atoms with van der Waals surface area (Å²) in [4.78, 5) is 42.7. The van der Waals surface area contributed by atoms with Crippen molar-refractivity contribution in [2.45, 2.75) is 31.8 Å². The Morgan fingerprint density at radius 1 is 1.14 bits per heavy atom. The maximum Gasteiger partial charge on any atom is 0.414 e. The number of carbonyl (C=O) groups is 3. The van der Waals surface area contributed by atoms with Crippen LogP contribution >= 0.6 is 0 Å². The number of hydrogen-bond donors (Lipinski definition) is 2. The first-order valence-electron chi connectivity index (χ1n) is 11.8. The van der Waals surface area contributed by atoms with E-state index in [4.69, 9.17) is 4.74 Å². The van der Waals surface area contributed by atoms with Crippen LogP contribution in [0.2, 0.25) is 0 Å². The summed E-state index contributed by atoms with van der Waals surface area (Å²) in [6.07, 6.45) is 0.282. The highest BCUT2D eigenvalue weighted by Gasteiger charge is 2.33. The van der Waals surface area contributed by atoms with Gasteiger partial charge in [0.2, 0.25) is 5.91 Å². The molecule has 1 unspecified atom stereocenters. The van der Waals surface area contributed by atoms with Crippen molar-refractivity contribution in [3.8, 4) is 0 Å². The molecule has 2 saturated heterocycles. The van der Waals surface area contributed by atoms with Gasteiger partial charge in [0.25, 0.3) is 5.91 Å². The summed E-state index contributed by atoms with van der Waals surface area (Å²) in [5.41, 5.74) is 2.51. The van der Waals surface area contributed by atoms with Crippen LogP contribution in [0.25, 0.3) is 10.9 Å². The van der Waals surface area contributed by atoms with E-state index in [1.807, 2.05) is 35.2 Å². The standard InChI is InChI=1S/C26H27FN4O4/c1-16(32)28-14-20-15-31(26(34)35-20)19-6-7-21(22(27)13-19)17-8-10-30(11-9-17)25(33)24-12-18-4-2-3-5-23(18)29-24/h2-7,12-13,17,20,29H,8-11,14-15H2,1H3,(H,28,32). The summed E-state index contributed by atoms with van der Waals surface area (Å²) in [6, 6.07) is 14.4. The molecule has 2 aromatic carbocycles. The van der Waals surface area contributed by atoms with Crippen molar-refractivity contribution >= 4 is 34.5 Å². The molecule has 0 spiro atoms. The minimum Gasteiger partial charge on any atom is -0.442 e. The van der Waals surface area contributed by atoms with E-state index in [2.05, 4.69) is 10.3 Å². The number of ether oxygens (including phenoxy) is 1. The number of cyclic esters (lactones) is 1. The van der Waals surface area contributed by atoms with Crippen LogP contribution < -0.4 is 10.2 Å². The molecule has 3 heterocycles. The van der Waals surface area contributed by atoms with E-state index >= 15 is 4.39 Å². The summed E-state index contributed by atoms with van der Waals surface area (Å²) >= 11 is 0. The molecule has 0 aliphatic carbocycles. The molecule has 0 bridgehead atoms. The molecule has 9 heteroatoms. The summed E-state index contributed by atoms with van der Waals surface area (Å²) in [6.45, 7) is 2.94. The Morgan fingerprint density at radius 2 is 1.91 bits per heavy atom. The van der Waals surface area contributed by atoms with E-state index in [9.17, 15) is 14.4 Å². The Kier molecular flexibility index (Phi) is 6.15. The number of aromatic amines is 1. The molecule has 5 rings (SSSR count). The van der Waals surface area contributed by atoms with Gasteiger partial charge >= 0.3 is 6.09 Å². The van der Waals surface area contributed by atoms with Crippen LogP contribution in [0.1, 0.15) is 41.7 Å². The Morgan fingerprint density at radius 3 is 2.63 bits per heavy atom. The van der Waals surface area contributed by atoms with Crippen molar-refractivity contribution in [1.29, 1.82) is 0 Å². The normalized spacial score (nSPS) is 18.7. The third-order valence-corrected chi connectivity index (χ3v) is 6.73. The van der Waals surface area contributed by atoms with Gasteiger partial charge in [0, 0.05) is 30.9 Å². The minimum atomic E-state index is -0.559. The summed E-state index contributed by atoms with van der Waals surface area (Å²) in [5, 5.41) is 3.62. The molecule has 1 aromatic heterocycles. The second-order valence-electron chi connectivity index (χ2n) is 9.10. The number of nitrogens with zero attached hydrogens (tertiary/aromatic N) is 2. The van der Waals surface area contributed by atoms with Crippen LogP contribution in [0.5, 0.6) is 0 Å². The van der Waals surface area contributed by atoms with Gasteiger partial charge in [-0.3, -0.25) is 14.5 Å². The number of benzene rings is 2. The van der Waals surface area contributed by atoms with Gasteiger partial charge in [-0.05, 0) is 48.6 Å². The first kappa shape index (κ1) is 22.9. The lowest BCUT2D eigenvalue weighted by Crippen LogP contribution is -2.38. The number of carbonyl (C=O) groups excluding carboxylic acids is 3. The molecule has 182 valence electrons. The Bertz CT molecular complexity index is 1250. The van der Waals surface area contributed by atoms with Gasteiger partial charge in [0.1, 0.15) is 17.6 Å². The highest BCUT2D eigenvalue weighted by molar-refractivity contribution is 5.98. The van der Waals surface area contributed by atoms with E-state index in [1.54, 1.807) is 12.1 Å². The number of amides is 3. The molecular formula is C26H27FN4O4. The minimum absolute atomic E-state index is 0.00569. The zero-order valence-electron chi connectivity index (χ0n) is 19.4. The molecule has 0 saturated carbocycles. The SMILES string of the molecule is CC(=O)NCC1CN(c2ccc(C3CCN(C(=O)c4cc5ccccc5[nH]4)CC3)c(F)c2)C(=O)O1. The topological polar surface area (TPSA) is 94.7 Å². The molecule has 2 N–H and O–H groups in total. The molecule has 2 fully saturated rings. The molecule has 35 heavy (non-hydrogen) atoms. The molecular weight excluding hydrogens is 451 g/mol. The summed E-state index contributed by atoms with van der Waals surface area (Å²) < 4.78 is 20.3. The lowest BCUT2D eigenvalue weighted by atomic mass is 9.88. The quantitative estimate of drug-likeness (QED) is 0.583. The maximum absolute atomic E-state index is 15.1. The Balaban J connectivity index is 1.21. The van der Waals surface area contributed by atoms with Crippen molar-refractivity contribution in [1.82, 2.24) is 15.2 Å². The lowest BCUT2D eigenvalue weighted by Gasteiger charge is -2.32. The van der Waals surface area contributed by atoms with E-state index in [1.165, 1.54) is 17.9 Å². The highest BCUT2D eigenvalue weighted by Crippen LogP contribution is 2.33. The van der Waals surface area contributed by atoms with Crippen LogP contribution in [-0.4, -0.2) is 60.1 Å². The number of likely N-dealkylation sites (tertiary alicyclic amines) is 1. The van der Waals surface area contributed by atoms with Crippen LogP contribution in [0.4, 0.5) is 14.9 Å². The third kappa shape index (κ3) is 4.71. The van der Waals surface area contributed by atoms with Crippen LogP contribution in [0, 0.1) is 5.82 Å². The van der Waals surface area contributed by atoms with Gasteiger partial charge in [-0.15, -0.1) is 0 Å². The van der Waals surface area contributed by atoms with Crippen molar-refractivity contribution in [3.63, 3.8) is 0 Å². The predicted octanol–water partition coefficient (Wildman–Crippen LogP) is 3.79. The fourth-order valence-electron chi connectivity index (χ4n) is 4.86. The number of nitrogens with one attached hydrogen (secondary N) is 2. The lowest BCUT2D eigenvalue weighted by molar-refractivity contribution is -0.119. The molecule has 1 atom stereocenters. The largest absolute Gasteiger partial charge is 0.442 e. The average Bonchev–Trinajstić information content (AvgIpc) is 3.46. The van der Waals surface area contributed by atoms with Crippen molar-refractivity contribution in [2.24, 2.45) is 0 Å². The number of aromatic nitrogens is 1. The first-order chi connectivity index (χ1) is 16.9. The van der Waals surface area contributed by atoms with Gasteiger partial charge in [0.05, 0.1) is 18.8 Å². The van der Waals surface area contributed by atoms with Crippen LogP contribution in [0.3, 0.4) is 0 Å². The zero-order valence-corrected chi connectivity index (χ0v) is 19.4. The van der Waals surface area contributed by atoms with E-state index in [0.717, 1.165) is 10.9 Å². The number of para-hydroxylation sites is 1. The van der Waals surface area contributed by atoms with Crippen LogP contribution in [0.15, 0.2) is 48.5 Å². The smallest absolute Gasteiger partial charge is 0.414 e. The van der Waals surface area contributed by atoms with Crippen molar-refractivity contribution in [2.75, 3.05) is 31.1 Å². The predicted molar refractivity (Wildman–Crippen MR) is 129 cm³/mol. The number of fused-ring (bicyclic) bond motifs is 1. The Labute approximate surface area is 202 Å². The molecule has 3 aromatic rings. The highest BCUT2D eigenvalue weighted by atomic mass is 19.1. The van der Waals surface area contributed by atoms with Gasteiger partial charge < -0.3 is 19.9 Å². The van der Waals surface area contributed by atoms with Crippen LogP contribution in [-0.2, 0) is 9.53 Å². The zero-order chi connectivity index (χ0) is 24.5. The monoisotopic (exact) mass is 478 g/mol. The number of anilines is 1. The molecule has 8 nitrogen and oxygen atoms in total. The van der Waals surface area contributed by atoms with Gasteiger partial charge in [-0.1, -0.05) is 24.3 Å². The van der Waals surface area contributed by atoms with Crippen molar-refractivity contribution in [3.05, 3.63) is 65.6 Å².